The Balaban J connectivity index is 1.63. The van der Waals surface area contributed by atoms with Gasteiger partial charge in [-0.25, -0.2) is 0 Å². The Hall–Kier alpha value is -4.73. The van der Waals surface area contributed by atoms with E-state index >= 15 is 0 Å². The third kappa shape index (κ3) is 5.49. The van der Waals surface area contributed by atoms with Crippen LogP contribution in [0.15, 0.2) is 66.7 Å². The number of ether oxygens (including phenoxy) is 1. The number of anilines is 1. The van der Waals surface area contributed by atoms with Gasteiger partial charge in [0.1, 0.15) is 30.2 Å². The first-order chi connectivity index (χ1) is 18.2. The average Bonchev–Trinajstić information content (AvgIpc) is 3.00. The standard InChI is InChI=1S/C28H27N3O7/c1-16(26(35)29-21(15-32)14-24(33)34)31-22-9-5-6-10-23(22)38-17(2)25(28(31)37)30-27(36)20-12-11-18-7-3-4-8-19(18)13-20/h3-13,15-17,21,25H,14H2,1-2H3,(H,29,35)(H,30,36)(H,33,34). The van der Waals surface area contributed by atoms with Crippen LogP contribution in [0.5, 0.6) is 5.75 Å². The number of carboxylic acid groups (broad SMARTS) is 1. The molecule has 0 saturated carbocycles. The van der Waals surface area contributed by atoms with Gasteiger partial charge in [0, 0.05) is 5.56 Å². The number of fused-ring (bicyclic) bond motifs is 2. The molecule has 3 aromatic rings. The normalized spacial score (nSPS) is 18.4. The SMILES string of the molecule is CC1Oc2ccccc2N(C(C)C(=O)NC(C=O)CC(=O)O)C(=O)C1NC(=O)c1ccc2ccccc2c1. The molecule has 3 N–H and O–H groups in total. The van der Waals surface area contributed by atoms with Gasteiger partial charge in [0.2, 0.25) is 5.91 Å². The molecule has 4 rings (SSSR count). The molecule has 1 heterocycles. The van der Waals surface area contributed by atoms with Crippen molar-refractivity contribution in [3.05, 3.63) is 72.3 Å². The van der Waals surface area contributed by atoms with Crippen molar-refractivity contribution in [2.45, 2.75) is 44.5 Å². The average molecular weight is 518 g/mol. The number of carbonyl (C=O) groups is 5. The lowest BCUT2D eigenvalue weighted by atomic mass is 10.0. The van der Waals surface area contributed by atoms with Gasteiger partial charge in [0.25, 0.3) is 11.8 Å². The Morgan fingerprint density at radius 1 is 1.05 bits per heavy atom. The van der Waals surface area contributed by atoms with Crippen molar-refractivity contribution in [1.82, 2.24) is 10.6 Å². The number of para-hydroxylation sites is 2. The van der Waals surface area contributed by atoms with E-state index in [9.17, 15) is 24.0 Å². The molecule has 0 saturated heterocycles. The van der Waals surface area contributed by atoms with Gasteiger partial charge in [0.05, 0.1) is 18.2 Å². The largest absolute Gasteiger partial charge is 0.486 e. The van der Waals surface area contributed by atoms with Crippen LogP contribution < -0.4 is 20.3 Å². The van der Waals surface area contributed by atoms with Gasteiger partial charge in [-0.2, -0.15) is 0 Å². The van der Waals surface area contributed by atoms with Crippen molar-refractivity contribution in [3.8, 4) is 5.75 Å². The summed E-state index contributed by atoms with van der Waals surface area (Å²) in [6.45, 7) is 3.09. The second-order valence-electron chi connectivity index (χ2n) is 9.04. The number of nitrogens with one attached hydrogen (secondary N) is 2. The molecule has 3 aromatic carbocycles. The van der Waals surface area contributed by atoms with Gasteiger partial charge in [-0.3, -0.25) is 24.1 Å². The number of rotatable bonds is 8. The zero-order chi connectivity index (χ0) is 27.4. The van der Waals surface area contributed by atoms with Crippen LogP contribution in [0.3, 0.4) is 0 Å². The Morgan fingerprint density at radius 2 is 1.74 bits per heavy atom. The zero-order valence-electron chi connectivity index (χ0n) is 20.8. The first-order valence-corrected chi connectivity index (χ1v) is 12.1. The number of hydrogen-bond donors (Lipinski definition) is 3. The molecule has 4 unspecified atom stereocenters. The molecule has 0 radical (unpaired) electrons. The summed E-state index contributed by atoms with van der Waals surface area (Å²) < 4.78 is 6.02. The van der Waals surface area contributed by atoms with Crippen LogP contribution in [0.2, 0.25) is 0 Å². The molecule has 4 atom stereocenters. The van der Waals surface area contributed by atoms with Gasteiger partial charge in [-0.1, -0.05) is 42.5 Å². The topological polar surface area (TPSA) is 142 Å². The van der Waals surface area contributed by atoms with E-state index in [2.05, 4.69) is 10.6 Å². The summed E-state index contributed by atoms with van der Waals surface area (Å²) in [5.74, 6) is -2.76. The van der Waals surface area contributed by atoms with Crippen LogP contribution in [-0.4, -0.2) is 59.3 Å². The van der Waals surface area contributed by atoms with Crippen molar-refractivity contribution in [3.63, 3.8) is 0 Å². The molecule has 0 aliphatic carbocycles. The highest BCUT2D eigenvalue weighted by molar-refractivity contribution is 6.08. The lowest BCUT2D eigenvalue weighted by Crippen LogP contribution is -2.58. The molecule has 0 fully saturated rings. The summed E-state index contributed by atoms with van der Waals surface area (Å²) in [5.41, 5.74) is 0.653. The van der Waals surface area contributed by atoms with Gasteiger partial charge >= 0.3 is 5.97 Å². The number of nitrogens with zero attached hydrogens (tertiary/aromatic N) is 1. The second-order valence-corrected chi connectivity index (χ2v) is 9.04. The molecular formula is C28H27N3O7. The summed E-state index contributed by atoms with van der Waals surface area (Å²) in [6, 6.07) is 15.8. The van der Waals surface area contributed by atoms with Crippen LogP contribution in [0.1, 0.15) is 30.6 Å². The van der Waals surface area contributed by atoms with Crippen molar-refractivity contribution < 1.29 is 33.8 Å². The van der Waals surface area contributed by atoms with Crippen molar-refractivity contribution in [2.75, 3.05) is 4.90 Å². The Morgan fingerprint density at radius 3 is 2.45 bits per heavy atom. The molecule has 10 heteroatoms. The van der Waals surface area contributed by atoms with Crippen LogP contribution in [0.4, 0.5) is 5.69 Å². The minimum absolute atomic E-state index is 0.301. The van der Waals surface area contributed by atoms with Crippen molar-refractivity contribution in [2.24, 2.45) is 0 Å². The van der Waals surface area contributed by atoms with E-state index in [1.54, 1.807) is 43.3 Å². The molecule has 196 valence electrons. The van der Waals surface area contributed by atoms with Gasteiger partial charge in [-0.05, 0) is 48.9 Å². The maximum absolute atomic E-state index is 13.9. The summed E-state index contributed by atoms with van der Waals surface area (Å²) in [6.07, 6.45) is -1.06. The number of amides is 3. The Kier molecular flexibility index (Phi) is 7.71. The van der Waals surface area contributed by atoms with Gasteiger partial charge < -0.3 is 25.3 Å². The number of benzene rings is 3. The highest BCUT2D eigenvalue weighted by Gasteiger charge is 2.41. The smallest absolute Gasteiger partial charge is 0.305 e. The van der Waals surface area contributed by atoms with E-state index in [0.29, 0.717) is 23.3 Å². The van der Waals surface area contributed by atoms with E-state index in [-0.39, 0.29) is 0 Å². The third-order valence-electron chi connectivity index (χ3n) is 6.36. The molecule has 3 amide bonds. The first-order valence-electron chi connectivity index (χ1n) is 12.1. The third-order valence-corrected chi connectivity index (χ3v) is 6.36. The zero-order valence-corrected chi connectivity index (χ0v) is 20.8. The fourth-order valence-electron chi connectivity index (χ4n) is 4.37. The van der Waals surface area contributed by atoms with Crippen LogP contribution in [0.25, 0.3) is 10.8 Å². The van der Waals surface area contributed by atoms with Gasteiger partial charge in [-0.15, -0.1) is 0 Å². The first kappa shape index (κ1) is 26.3. The number of hydrogen-bond acceptors (Lipinski definition) is 6. The molecule has 10 nitrogen and oxygen atoms in total. The summed E-state index contributed by atoms with van der Waals surface area (Å²) in [7, 11) is 0. The van der Waals surface area contributed by atoms with Crippen LogP contribution in [0, 0.1) is 0 Å². The quantitative estimate of drug-likeness (QED) is 0.389. The van der Waals surface area contributed by atoms with Crippen molar-refractivity contribution in [1.29, 1.82) is 0 Å². The van der Waals surface area contributed by atoms with E-state index in [4.69, 9.17) is 9.84 Å². The predicted molar refractivity (Wildman–Crippen MR) is 139 cm³/mol. The summed E-state index contributed by atoms with van der Waals surface area (Å²) >= 11 is 0. The molecule has 38 heavy (non-hydrogen) atoms. The minimum atomic E-state index is -1.27. The molecule has 0 bridgehead atoms. The maximum Gasteiger partial charge on any atom is 0.305 e. The molecule has 1 aliphatic heterocycles. The predicted octanol–water partition coefficient (Wildman–Crippen LogP) is 2.30. The fraction of sp³-hybridized carbons (Fsp3) is 0.250. The lowest BCUT2D eigenvalue weighted by Gasteiger charge is -2.31. The van der Waals surface area contributed by atoms with E-state index < -0.39 is 54.3 Å². The molecular weight excluding hydrogens is 490 g/mol. The lowest BCUT2D eigenvalue weighted by molar-refractivity contribution is -0.139. The highest BCUT2D eigenvalue weighted by Crippen LogP contribution is 2.34. The maximum atomic E-state index is 13.9. The number of carboxylic acids is 1. The monoisotopic (exact) mass is 517 g/mol. The van der Waals surface area contributed by atoms with Crippen LogP contribution in [-0.2, 0) is 19.2 Å². The highest BCUT2D eigenvalue weighted by atomic mass is 16.5. The number of aldehydes is 1. The van der Waals surface area contributed by atoms with Crippen molar-refractivity contribution >= 4 is 46.4 Å². The summed E-state index contributed by atoms with van der Waals surface area (Å²) in [5, 5.41) is 15.9. The van der Waals surface area contributed by atoms with E-state index in [1.165, 1.54) is 11.8 Å². The Bertz CT molecular complexity index is 1410. The summed E-state index contributed by atoms with van der Waals surface area (Å²) in [4.78, 5) is 63.6. The molecule has 0 spiro atoms. The van der Waals surface area contributed by atoms with Crippen LogP contribution >= 0.6 is 0 Å². The van der Waals surface area contributed by atoms with E-state index in [0.717, 1.165) is 10.8 Å². The molecule has 0 aromatic heterocycles. The fourth-order valence-corrected chi connectivity index (χ4v) is 4.37. The molecule has 1 aliphatic rings. The number of carbonyl (C=O) groups excluding carboxylic acids is 4. The van der Waals surface area contributed by atoms with Gasteiger partial charge in [0.15, 0.2) is 0 Å². The Labute approximate surface area is 218 Å². The minimum Gasteiger partial charge on any atom is -0.486 e. The number of aliphatic carboxylic acids is 1. The van der Waals surface area contributed by atoms with E-state index in [1.807, 2.05) is 30.3 Å². The second kappa shape index (κ2) is 11.1.